The molecule has 0 aliphatic carbocycles. The Kier molecular flexibility index (Phi) is 3.81. The lowest BCUT2D eigenvalue weighted by atomic mass is 10.1. The molecule has 1 saturated heterocycles. The van der Waals surface area contributed by atoms with Gasteiger partial charge in [0, 0.05) is 25.1 Å². The Hall–Kier alpha value is -2.41. The normalized spacial score (nSPS) is 24.7. The van der Waals surface area contributed by atoms with Gasteiger partial charge in [-0.3, -0.25) is 9.59 Å². The summed E-state index contributed by atoms with van der Waals surface area (Å²) in [5.74, 6) is -1.82. The molecule has 1 aromatic rings. The second-order valence-electron chi connectivity index (χ2n) is 6.00. The van der Waals surface area contributed by atoms with Crippen molar-refractivity contribution in [3.05, 3.63) is 35.4 Å². The number of β-amino-alcohol motifs (C(OH)–C–C–N with tert-alkyl or cyclic N) is 1. The van der Waals surface area contributed by atoms with Gasteiger partial charge in [0.2, 0.25) is 5.91 Å². The summed E-state index contributed by atoms with van der Waals surface area (Å²) in [5.41, 5.74) is 1.43. The van der Waals surface area contributed by atoms with Crippen molar-refractivity contribution < 1.29 is 24.6 Å². The summed E-state index contributed by atoms with van der Waals surface area (Å²) in [6, 6.07) is 5.34. The average molecular weight is 318 g/mol. The van der Waals surface area contributed by atoms with Crippen LogP contribution in [0.25, 0.3) is 0 Å². The van der Waals surface area contributed by atoms with Gasteiger partial charge in [0.05, 0.1) is 6.10 Å². The zero-order valence-corrected chi connectivity index (χ0v) is 12.7. The average Bonchev–Trinajstić information content (AvgIpc) is 3.07. The standard InChI is InChI=1S/C16H18N2O5/c1-9(14(20)18-8-11(19)6-13(18)16(22)23)17-7-10-4-2-3-5-12(10)15(17)21/h2-5,9,11,13,19H,6-8H2,1H3,(H,22,23). The predicted octanol–water partition coefficient (Wildman–Crippen LogP) is 0.0773. The molecule has 2 amide bonds. The summed E-state index contributed by atoms with van der Waals surface area (Å²) in [7, 11) is 0. The minimum absolute atomic E-state index is 0.0158. The zero-order chi connectivity index (χ0) is 16.7. The Morgan fingerprint density at radius 1 is 1.30 bits per heavy atom. The van der Waals surface area contributed by atoms with E-state index in [2.05, 4.69) is 0 Å². The molecule has 122 valence electrons. The Morgan fingerprint density at radius 2 is 2.00 bits per heavy atom. The molecule has 7 nitrogen and oxygen atoms in total. The summed E-state index contributed by atoms with van der Waals surface area (Å²) in [6.45, 7) is 1.90. The number of carboxylic acid groups (broad SMARTS) is 1. The summed E-state index contributed by atoms with van der Waals surface area (Å²) >= 11 is 0. The molecule has 0 saturated carbocycles. The molecule has 3 rings (SSSR count). The summed E-state index contributed by atoms with van der Waals surface area (Å²) in [5, 5.41) is 18.9. The lowest BCUT2D eigenvalue weighted by Crippen LogP contribution is -2.50. The monoisotopic (exact) mass is 318 g/mol. The van der Waals surface area contributed by atoms with Crippen LogP contribution in [0.15, 0.2) is 24.3 Å². The number of aliphatic carboxylic acids is 1. The number of hydrogen-bond donors (Lipinski definition) is 2. The molecule has 3 unspecified atom stereocenters. The SMILES string of the molecule is CC(C(=O)N1CC(O)CC1C(=O)O)N1Cc2ccccc2C1=O. The van der Waals surface area contributed by atoms with E-state index in [9.17, 15) is 24.6 Å². The number of likely N-dealkylation sites (tertiary alicyclic amines) is 1. The van der Waals surface area contributed by atoms with E-state index in [0.29, 0.717) is 12.1 Å². The van der Waals surface area contributed by atoms with Crippen molar-refractivity contribution in [3.8, 4) is 0 Å². The first-order chi connectivity index (χ1) is 10.9. The van der Waals surface area contributed by atoms with Gasteiger partial charge >= 0.3 is 5.97 Å². The van der Waals surface area contributed by atoms with E-state index in [-0.39, 0.29) is 18.9 Å². The van der Waals surface area contributed by atoms with Crippen LogP contribution in [0.2, 0.25) is 0 Å². The number of aliphatic hydroxyl groups excluding tert-OH is 1. The minimum Gasteiger partial charge on any atom is -0.480 e. The van der Waals surface area contributed by atoms with E-state index < -0.39 is 30.1 Å². The molecule has 7 heteroatoms. The first-order valence-electron chi connectivity index (χ1n) is 7.50. The molecule has 2 aliphatic heterocycles. The maximum absolute atomic E-state index is 12.6. The number of carbonyl (C=O) groups is 3. The second-order valence-corrected chi connectivity index (χ2v) is 6.00. The van der Waals surface area contributed by atoms with Crippen LogP contribution in [0.5, 0.6) is 0 Å². The van der Waals surface area contributed by atoms with Crippen LogP contribution in [-0.4, -0.2) is 62.5 Å². The molecule has 2 N–H and O–H groups in total. The third kappa shape index (κ3) is 2.57. The lowest BCUT2D eigenvalue weighted by Gasteiger charge is -2.29. The van der Waals surface area contributed by atoms with Gasteiger partial charge in [-0.15, -0.1) is 0 Å². The summed E-state index contributed by atoms with van der Waals surface area (Å²) < 4.78 is 0. The highest BCUT2D eigenvalue weighted by atomic mass is 16.4. The fraction of sp³-hybridized carbons (Fsp3) is 0.438. The number of nitrogens with zero attached hydrogens (tertiary/aromatic N) is 2. The minimum atomic E-state index is -1.14. The molecule has 0 aromatic heterocycles. The second kappa shape index (κ2) is 5.66. The number of carboxylic acids is 1. The number of benzene rings is 1. The first kappa shape index (κ1) is 15.5. The van der Waals surface area contributed by atoms with Crippen LogP contribution in [0, 0.1) is 0 Å². The van der Waals surface area contributed by atoms with Gasteiger partial charge in [0.1, 0.15) is 12.1 Å². The molecular formula is C16H18N2O5. The Balaban J connectivity index is 1.79. The van der Waals surface area contributed by atoms with Gasteiger partial charge in [-0.1, -0.05) is 18.2 Å². The van der Waals surface area contributed by atoms with Crippen LogP contribution in [0.1, 0.15) is 29.3 Å². The maximum atomic E-state index is 12.6. The van der Waals surface area contributed by atoms with Gasteiger partial charge in [-0.25, -0.2) is 4.79 Å². The first-order valence-corrected chi connectivity index (χ1v) is 7.50. The van der Waals surface area contributed by atoms with Crippen LogP contribution >= 0.6 is 0 Å². The molecule has 23 heavy (non-hydrogen) atoms. The van der Waals surface area contributed by atoms with E-state index in [1.54, 1.807) is 19.1 Å². The highest BCUT2D eigenvalue weighted by Crippen LogP contribution is 2.27. The molecule has 0 bridgehead atoms. The van der Waals surface area contributed by atoms with E-state index in [0.717, 1.165) is 10.5 Å². The number of fused-ring (bicyclic) bond motifs is 1. The zero-order valence-electron chi connectivity index (χ0n) is 12.7. The molecule has 1 fully saturated rings. The van der Waals surface area contributed by atoms with Crippen molar-refractivity contribution in [2.24, 2.45) is 0 Å². The maximum Gasteiger partial charge on any atom is 0.326 e. The van der Waals surface area contributed by atoms with E-state index in [1.165, 1.54) is 4.90 Å². The smallest absolute Gasteiger partial charge is 0.326 e. The third-order valence-electron chi connectivity index (χ3n) is 4.52. The molecule has 1 aromatic carbocycles. The van der Waals surface area contributed by atoms with Gasteiger partial charge in [-0.05, 0) is 18.6 Å². The Bertz CT molecular complexity index is 674. The largest absolute Gasteiger partial charge is 0.480 e. The van der Waals surface area contributed by atoms with Gasteiger partial charge < -0.3 is 20.0 Å². The fourth-order valence-electron chi connectivity index (χ4n) is 3.25. The van der Waals surface area contributed by atoms with E-state index in [1.807, 2.05) is 12.1 Å². The predicted molar refractivity (Wildman–Crippen MR) is 79.5 cm³/mol. The molecule has 2 aliphatic rings. The lowest BCUT2D eigenvalue weighted by molar-refractivity contribution is -0.149. The van der Waals surface area contributed by atoms with E-state index in [4.69, 9.17) is 0 Å². The van der Waals surface area contributed by atoms with Crippen LogP contribution in [0.3, 0.4) is 0 Å². The summed E-state index contributed by atoms with van der Waals surface area (Å²) in [4.78, 5) is 38.9. The highest BCUT2D eigenvalue weighted by molar-refractivity contribution is 6.01. The van der Waals surface area contributed by atoms with Gasteiger partial charge in [-0.2, -0.15) is 0 Å². The number of rotatable bonds is 3. The Morgan fingerprint density at radius 3 is 2.65 bits per heavy atom. The highest BCUT2D eigenvalue weighted by Gasteiger charge is 2.43. The van der Waals surface area contributed by atoms with Crippen LogP contribution in [-0.2, 0) is 16.1 Å². The topological polar surface area (TPSA) is 98.2 Å². The van der Waals surface area contributed by atoms with Crippen molar-refractivity contribution in [3.63, 3.8) is 0 Å². The van der Waals surface area contributed by atoms with Crippen molar-refractivity contribution in [1.29, 1.82) is 0 Å². The van der Waals surface area contributed by atoms with Crippen LogP contribution < -0.4 is 0 Å². The van der Waals surface area contributed by atoms with Crippen molar-refractivity contribution >= 4 is 17.8 Å². The Labute approximate surface area is 133 Å². The van der Waals surface area contributed by atoms with Crippen LogP contribution in [0.4, 0.5) is 0 Å². The molecule has 0 radical (unpaired) electrons. The fourth-order valence-corrected chi connectivity index (χ4v) is 3.25. The molecule has 3 atom stereocenters. The number of amides is 2. The summed E-state index contributed by atoms with van der Waals surface area (Å²) in [6.07, 6.45) is -0.833. The molecule has 0 spiro atoms. The van der Waals surface area contributed by atoms with E-state index >= 15 is 0 Å². The van der Waals surface area contributed by atoms with Crippen molar-refractivity contribution in [2.45, 2.75) is 38.1 Å². The number of carbonyl (C=O) groups excluding carboxylic acids is 2. The third-order valence-corrected chi connectivity index (χ3v) is 4.52. The number of aliphatic hydroxyl groups is 1. The quantitative estimate of drug-likeness (QED) is 0.822. The molecular weight excluding hydrogens is 300 g/mol. The van der Waals surface area contributed by atoms with Gasteiger partial charge in [0.15, 0.2) is 0 Å². The van der Waals surface area contributed by atoms with Gasteiger partial charge in [0.25, 0.3) is 5.91 Å². The number of hydrogen-bond acceptors (Lipinski definition) is 4. The van der Waals surface area contributed by atoms with Crippen molar-refractivity contribution in [2.75, 3.05) is 6.54 Å². The molecule has 2 heterocycles. The van der Waals surface area contributed by atoms with Crippen molar-refractivity contribution in [1.82, 2.24) is 9.80 Å².